The number of hydrogen-bond acceptors (Lipinski definition) is 6. The number of ether oxygens (including phenoxy) is 1. The first-order valence-electron chi connectivity index (χ1n) is 5.68. The van der Waals surface area contributed by atoms with Gasteiger partial charge in [-0.3, -0.25) is 10.1 Å². The van der Waals surface area contributed by atoms with Gasteiger partial charge >= 0.3 is 0 Å². The number of nitrogens with one attached hydrogen (secondary N) is 1. The summed E-state index contributed by atoms with van der Waals surface area (Å²) < 4.78 is 31.5. The molecule has 120 valence electrons. The summed E-state index contributed by atoms with van der Waals surface area (Å²) in [4.78, 5) is 9.85. The normalized spacial score (nSPS) is 11.6. The van der Waals surface area contributed by atoms with Crippen molar-refractivity contribution < 1.29 is 18.1 Å². The van der Waals surface area contributed by atoms with Crippen molar-refractivity contribution in [2.75, 3.05) is 13.7 Å². The molecule has 0 saturated carbocycles. The van der Waals surface area contributed by atoms with Crippen LogP contribution < -0.4 is 15.2 Å². The van der Waals surface area contributed by atoms with E-state index in [0.717, 1.165) is 18.2 Å². The fraction of sp³-hybridized carbons (Fsp3) is 0.455. The summed E-state index contributed by atoms with van der Waals surface area (Å²) in [5.41, 5.74) is 4.74. The van der Waals surface area contributed by atoms with Crippen molar-refractivity contribution in [2.45, 2.75) is 24.3 Å². The molecule has 0 bridgehead atoms. The molecular weight excluding hydrogens is 322 g/mol. The number of nitro groups is 1. The Morgan fingerprint density at radius 2 is 2.00 bits per heavy atom. The first-order valence-corrected chi connectivity index (χ1v) is 7.16. The van der Waals surface area contributed by atoms with Crippen LogP contribution in [0.3, 0.4) is 0 Å². The molecular formula is C11H18ClN3O5S. The zero-order valence-electron chi connectivity index (χ0n) is 11.8. The third-order valence-electron chi connectivity index (χ3n) is 2.37. The summed E-state index contributed by atoms with van der Waals surface area (Å²) in [7, 11) is -2.62. The highest BCUT2D eigenvalue weighted by atomic mass is 35.5. The lowest BCUT2D eigenvalue weighted by molar-refractivity contribution is -0.385. The monoisotopic (exact) mass is 339 g/mol. The summed E-state index contributed by atoms with van der Waals surface area (Å²) in [5, 5.41) is 10.7. The van der Waals surface area contributed by atoms with Crippen molar-refractivity contribution in [3.63, 3.8) is 0 Å². The molecule has 0 spiro atoms. The van der Waals surface area contributed by atoms with Gasteiger partial charge in [0.05, 0.1) is 18.1 Å². The van der Waals surface area contributed by atoms with Gasteiger partial charge in [-0.05, 0) is 19.9 Å². The molecule has 0 fully saturated rings. The van der Waals surface area contributed by atoms with Crippen LogP contribution in [0.2, 0.25) is 0 Å². The highest BCUT2D eigenvalue weighted by Crippen LogP contribution is 2.28. The van der Waals surface area contributed by atoms with Crippen molar-refractivity contribution in [3.05, 3.63) is 28.3 Å². The summed E-state index contributed by atoms with van der Waals surface area (Å²) in [6, 6.07) is 3.29. The van der Waals surface area contributed by atoms with E-state index in [1.54, 1.807) is 13.8 Å². The van der Waals surface area contributed by atoms with E-state index in [-0.39, 0.29) is 35.3 Å². The van der Waals surface area contributed by atoms with E-state index in [1.165, 1.54) is 7.11 Å². The second-order valence-electron chi connectivity index (χ2n) is 4.91. The molecule has 0 aliphatic rings. The fourth-order valence-electron chi connectivity index (χ4n) is 1.35. The van der Waals surface area contributed by atoms with Gasteiger partial charge in [0.2, 0.25) is 10.0 Å². The maximum Gasteiger partial charge on any atom is 0.273 e. The Hall–Kier alpha value is -1.42. The first kappa shape index (κ1) is 19.6. The minimum atomic E-state index is -3.86. The number of benzene rings is 1. The average molecular weight is 340 g/mol. The first-order chi connectivity index (χ1) is 9.07. The molecule has 0 atom stereocenters. The minimum absolute atomic E-state index is 0. The van der Waals surface area contributed by atoms with Crippen LogP contribution in [0.4, 0.5) is 5.69 Å². The number of nitrogens with zero attached hydrogens (tertiary/aromatic N) is 1. The SMILES string of the molecule is COc1cc([N+](=O)[O-])ccc1S(=O)(=O)NCC(C)(C)N.Cl. The summed E-state index contributed by atoms with van der Waals surface area (Å²) in [6.07, 6.45) is 0. The van der Waals surface area contributed by atoms with E-state index < -0.39 is 20.5 Å². The number of rotatable bonds is 6. The highest BCUT2D eigenvalue weighted by molar-refractivity contribution is 7.89. The molecule has 3 N–H and O–H groups in total. The Kier molecular flexibility index (Phi) is 6.55. The van der Waals surface area contributed by atoms with E-state index in [9.17, 15) is 18.5 Å². The molecule has 0 heterocycles. The van der Waals surface area contributed by atoms with Crippen LogP contribution >= 0.6 is 12.4 Å². The van der Waals surface area contributed by atoms with Crippen molar-refractivity contribution in [3.8, 4) is 5.75 Å². The summed E-state index contributed by atoms with van der Waals surface area (Å²) >= 11 is 0. The van der Waals surface area contributed by atoms with Crippen molar-refractivity contribution in [1.82, 2.24) is 4.72 Å². The molecule has 0 saturated heterocycles. The van der Waals surface area contributed by atoms with Crippen LogP contribution in [-0.2, 0) is 10.0 Å². The second kappa shape index (κ2) is 7.03. The maximum absolute atomic E-state index is 12.1. The largest absolute Gasteiger partial charge is 0.495 e. The van der Waals surface area contributed by atoms with Gasteiger partial charge in [0, 0.05) is 18.2 Å². The van der Waals surface area contributed by atoms with E-state index in [0.29, 0.717) is 0 Å². The van der Waals surface area contributed by atoms with Crippen LogP contribution in [0.1, 0.15) is 13.8 Å². The Balaban J connectivity index is 0.00000400. The highest BCUT2D eigenvalue weighted by Gasteiger charge is 2.24. The maximum atomic E-state index is 12.1. The van der Waals surface area contributed by atoms with E-state index in [2.05, 4.69) is 4.72 Å². The Morgan fingerprint density at radius 3 is 2.43 bits per heavy atom. The molecule has 21 heavy (non-hydrogen) atoms. The van der Waals surface area contributed by atoms with Crippen LogP contribution in [-0.4, -0.2) is 32.5 Å². The number of halogens is 1. The molecule has 8 nitrogen and oxygen atoms in total. The standard InChI is InChI=1S/C11H17N3O5S.ClH/c1-11(2,12)7-13-20(17,18)10-5-4-8(14(15)16)6-9(10)19-3;/h4-6,13H,7,12H2,1-3H3;1H. The molecule has 0 unspecified atom stereocenters. The topological polar surface area (TPSA) is 125 Å². The smallest absolute Gasteiger partial charge is 0.273 e. The molecule has 0 aliphatic carbocycles. The number of nitro benzene ring substituents is 1. The predicted molar refractivity (Wildman–Crippen MR) is 80.4 cm³/mol. The molecule has 1 aromatic carbocycles. The molecule has 0 aromatic heterocycles. The fourth-order valence-corrected chi connectivity index (χ4v) is 2.72. The van der Waals surface area contributed by atoms with Gasteiger partial charge < -0.3 is 10.5 Å². The van der Waals surface area contributed by atoms with E-state index in [4.69, 9.17) is 10.5 Å². The number of sulfonamides is 1. The third-order valence-corrected chi connectivity index (χ3v) is 3.81. The van der Waals surface area contributed by atoms with Crippen LogP contribution in [0.15, 0.2) is 23.1 Å². The molecule has 1 rings (SSSR count). The lowest BCUT2D eigenvalue weighted by Crippen LogP contribution is -2.45. The Morgan fingerprint density at radius 1 is 1.43 bits per heavy atom. The minimum Gasteiger partial charge on any atom is -0.495 e. The molecule has 10 heteroatoms. The zero-order valence-corrected chi connectivity index (χ0v) is 13.5. The van der Waals surface area contributed by atoms with Gasteiger partial charge in [-0.25, -0.2) is 13.1 Å². The number of methoxy groups -OCH3 is 1. The average Bonchev–Trinajstić information content (AvgIpc) is 2.35. The number of nitrogens with two attached hydrogens (primary N) is 1. The summed E-state index contributed by atoms with van der Waals surface area (Å²) in [6.45, 7) is 3.36. The molecule has 0 radical (unpaired) electrons. The molecule has 0 amide bonds. The quantitative estimate of drug-likeness (QED) is 0.589. The molecule has 1 aromatic rings. The van der Waals surface area contributed by atoms with Crippen LogP contribution in [0, 0.1) is 10.1 Å². The van der Waals surface area contributed by atoms with Crippen molar-refractivity contribution in [2.24, 2.45) is 5.73 Å². The van der Waals surface area contributed by atoms with Gasteiger partial charge in [0.25, 0.3) is 5.69 Å². The van der Waals surface area contributed by atoms with Crippen LogP contribution in [0.5, 0.6) is 5.75 Å². The van der Waals surface area contributed by atoms with Gasteiger partial charge in [-0.1, -0.05) is 0 Å². The van der Waals surface area contributed by atoms with E-state index in [1.807, 2.05) is 0 Å². The zero-order chi connectivity index (χ0) is 15.6. The lowest BCUT2D eigenvalue weighted by Gasteiger charge is -2.19. The lowest BCUT2D eigenvalue weighted by atomic mass is 10.1. The van der Waals surface area contributed by atoms with Gasteiger partial charge in [0.1, 0.15) is 10.6 Å². The van der Waals surface area contributed by atoms with E-state index >= 15 is 0 Å². The second-order valence-corrected chi connectivity index (χ2v) is 6.64. The Bertz CT molecular complexity index is 613. The summed E-state index contributed by atoms with van der Waals surface area (Å²) in [5.74, 6) is -0.0958. The third kappa shape index (κ3) is 5.46. The molecule has 0 aliphatic heterocycles. The number of non-ortho nitro benzene ring substituents is 1. The van der Waals surface area contributed by atoms with Gasteiger partial charge in [-0.2, -0.15) is 0 Å². The van der Waals surface area contributed by atoms with Crippen molar-refractivity contribution in [1.29, 1.82) is 0 Å². The van der Waals surface area contributed by atoms with Gasteiger partial charge in [-0.15, -0.1) is 12.4 Å². The number of hydrogen-bond donors (Lipinski definition) is 2. The van der Waals surface area contributed by atoms with Gasteiger partial charge in [0.15, 0.2) is 0 Å². The van der Waals surface area contributed by atoms with Crippen LogP contribution in [0.25, 0.3) is 0 Å². The van der Waals surface area contributed by atoms with Crippen molar-refractivity contribution >= 4 is 28.1 Å². The Labute approximate surface area is 129 Å². The predicted octanol–water partition coefficient (Wildman–Crippen LogP) is 1.04.